The van der Waals surface area contributed by atoms with Crippen LogP contribution in [0.15, 0.2) is 71.3 Å². The van der Waals surface area contributed by atoms with E-state index in [1.54, 1.807) is 25.4 Å². The molecule has 8 heteroatoms. The van der Waals surface area contributed by atoms with Gasteiger partial charge in [0, 0.05) is 29.8 Å². The Balaban J connectivity index is 1.39. The van der Waals surface area contributed by atoms with Crippen LogP contribution in [0.4, 0.5) is 5.82 Å². The summed E-state index contributed by atoms with van der Waals surface area (Å²) in [6, 6.07) is 17.6. The maximum atomic E-state index is 12.9. The van der Waals surface area contributed by atoms with Crippen molar-refractivity contribution in [1.29, 1.82) is 0 Å². The fourth-order valence-electron chi connectivity index (χ4n) is 4.45. The van der Waals surface area contributed by atoms with Gasteiger partial charge in [-0.1, -0.05) is 42.0 Å². The van der Waals surface area contributed by atoms with Gasteiger partial charge < -0.3 is 24.9 Å². The van der Waals surface area contributed by atoms with E-state index in [0.29, 0.717) is 29.4 Å². The van der Waals surface area contributed by atoms with E-state index in [1.165, 1.54) is 0 Å². The van der Waals surface area contributed by atoms with Gasteiger partial charge in [0.05, 0.1) is 13.7 Å². The highest BCUT2D eigenvalue weighted by molar-refractivity contribution is 5.99. The molecule has 4 aromatic rings. The summed E-state index contributed by atoms with van der Waals surface area (Å²) in [6.07, 6.45) is 1.83. The molecule has 0 bridgehead atoms. The van der Waals surface area contributed by atoms with Crippen LogP contribution in [0, 0.1) is 20.8 Å². The molecule has 0 aliphatic heterocycles. The van der Waals surface area contributed by atoms with Gasteiger partial charge in [-0.3, -0.25) is 4.79 Å². The molecule has 0 aliphatic rings. The summed E-state index contributed by atoms with van der Waals surface area (Å²) < 4.78 is 11.2. The highest BCUT2D eigenvalue weighted by atomic mass is 16.5. The molecule has 0 spiro atoms. The maximum absolute atomic E-state index is 12.9. The van der Waals surface area contributed by atoms with Crippen molar-refractivity contribution >= 4 is 17.7 Å². The highest BCUT2D eigenvalue weighted by Gasteiger charge is 2.23. The predicted octanol–water partition coefficient (Wildman–Crippen LogP) is 5.31. The van der Waals surface area contributed by atoms with Crippen molar-refractivity contribution in [2.24, 2.45) is 0 Å². The zero-order chi connectivity index (χ0) is 27.2. The number of carbonyl (C=O) groups excluding carboxylic acids is 1. The number of pyridine rings is 1. The van der Waals surface area contributed by atoms with Crippen molar-refractivity contribution in [3.05, 3.63) is 100 Å². The molecule has 0 saturated heterocycles. The lowest BCUT2D eigenvalue weighted by molar-refractivity contribution is -0.139. The Morgan fingerprint density at radius 3 is 2.37 bits per heavy atom. The number of amides is 1. The molecule has 196 valence electrons. The number of benzene rings is 2. The first-order valence-electron chi connectivity index (χ1n) is 12.3. The Bertz CT molecular complexity index is 1420. The molecular weight excluding hydrogens is 482 g/mol. The zero-order valence-corrected chi connectivity index (χ0v) is 21.9. The number of ether oxygens (including phenoxy) is 1. The van der Waals surface area contributed by atoms with Crippen LogP contribution in [-0.4, -0.2) is 35.1 Å². The lowest BCUT2D eigenvalue weighted by Gasteiger charge is -2.17. The van der Waals surface area contributed by atoms with Crippen LogP contribution in [-0.2, 0) is 17.8 Å². The predicted molar refractivity (Wildman–Crippen MR) is 146 cm³/mol. The number of carboxylic acids is 1. The molecular formula is C30H31N3O5. The molecule has 1 amide bonds. The average Bonchev–Trinajstić information content (AvgIpc) is 3.36. The second-order valence-electron chi connectivity index (χ2n) is 9.24. The minimum absolute atomic E-state index is 0.159. The quantitative estimate of drug-likeness (QED) is 0.263. The molecule has 4 rings (SSSR count). The molecule has 0 saturated carbocycles. The Hall–Kier alpha value is -4.59. The maximum Gasteiger partial charge on any atom is 0.326 e. The number of aromatic nitrogens is 1. The number of carbonyl (C=O) groups is 2. The van der Waals surface area contributed by atoms with Crippen LogP contribution >= 0.6 is 0 Å². The van der Waals surface area contributed by atoms with E-state index < -0.39 is 12.0 Å². The number of carboxylic acid groups (broad SMARTS) is 1. The van der Waals surface area contributed by atoms with Crippen LogP contribution in [0.2, 0.25) is 0 Å². The molecule has 2 aromatic heterocycles. The molecule has 0 aliphatic carbocycles. The fourth-order valence-corrected chi connectivity index (χ4v) is 4.45. The van der Waals surface area contributed by atoms with Gasteiger partial charge in [-0.05, 0) is 55.7 Å². The number of methoxy groups -OCH3 is 1. The molecule has 2 heterocycles. The van der Waals surface area contributed by atoms with Gasteiger partial charge in [0.25, 0.3) is 5.91 Å². The number of hydrogen-bond acceptors (Lipinski definition) is 6. The second-order valence-corrected chi connectivity index (χ2v) is 9.24. The van der Waals surface area contributed by atoms with Crippen LogP contribution in [0.25, 0.3) is 11.3 Å². The number of nitrogens with one attached hydrogen (secondary N) is 2. The summed E-state index contributed by atoms with van der Waals surface area (Å²) in [6.45, 7) is 6.13. The second kappa shape index (κ2) is 11.6. The van der Waals surface area contributed by atoms with Crippen molar-refractivity contribution in [3.63, 3.8) is 0 Å². The van der Waals surface area contributed by atoms with E-state index in [2.05, 4.69) is 15.6 Å². The number of anilines is 1. The molecule has 1 unspecified atom stereocenters. The zero-order valence-electron chi connectivity index (χ0n) is 21.9. The van der Waals surface area contributed by atoms with E-state index in [9.17, 15) is 14.7 Å². The van der Waals surface area contributed by atoms with Gasteiger partial charge in [0.15, 0.2) is 0 Å². The van der Waals surface area contributed by atoms with E-state index in [1.807, 2.05) is 69.3 Å². The summed E-state index contributed by atoms with van der Waals surface area (Å²) in [5, 5.41) is 15.7. The molecule has 1 atom stereocenters. The minimum atomic E-state index is -1.08. The van der Waals surface area contributed by atoms with Crippen LogP contribution in [0.3, 0.4) is 0 Å². The molecule has 3 N–H and O–H groups in total. The number of rotatable bonds is 10. The van der Waals surface area contributed by atoms with Crippen molar-refractivity contribution in [2.75, 3.05) is 12.4 Å². The Labute approximate surface area is 221 Å². The first kappa shape index (κ1) is 26.5. The third kappa shape index (κ3) is 6.39. The fraction of sp³-hybridized carbons (Fsp3) is 0.233. The molecule has 38 heavy (non-hydrogen) atoms. The number of nitrogens with zero attached hydrogens (tertiary/aromatic N) is 1. The third-order valence-electron chi connectivity index (χ3n) is 6.26. The summed E-state index contributed by atoms with van der Waals surface area (Å²) in [7, 11) is 1.61. The van der Waals surface area contributed by atoms with Crippen LogP contribution < -0.4 is 15.4 Å². The van der Waals surface area contributed by atoms with Gasteiger partial charge in [0.1, 0.15) is 29.1 Å². The average molecular weight is 514 g/mol. The third-order valence-corrected chi connectivity index (χ3v) is 6.26. The number of aryl methyl sites for hydroxylation is 3. The van der Waals surface area contributed by atoms with Crippen molar-refractivity contribution in [3.8, 4) is 17.1 Å². The Morgan fingerprint density at radius 2 is 1.71 bits per heavy atom. The standard InChI is InChI=1S/C30H31N3O5/c1-18-13-19(2)28(20(3)14-18)29(34)33-25(30(35)36)15-21-5-7-22(8-6-21)26-10-9-24(38-26)17-32-27-16-23(37-4)11-12-31-27/h5-14,16,25H,15,17H2,1-4H3,(H,31,32)(H,33,34)(H,35,36). The normalized spacial score (nSPS) is 11.6. The largest absolute Gasteiger partial charge is 0.497 e. The van der Waals surface area contributed by atoms with Crippen molar-refractivity contribution in [2.45, 2.75) is 39.8 Å². The molecule has 0 radical (unpaired) electrons. The first-order valence-corrected chi connectivity index (χ1v) is 12.3. The minimum Gasteiger partial charge on any atom is -0.497 e. The van der Waals surface area contributed by atoms with Crippen molar-refractivity contribution < 1.29 is 23.8 Å². The first-order chi connectivity index (χ1) is 18.2. The van der Waals surface area contributed by atoms with Crippen LogP contribution in [0.5, 0.6) is 5.75 Å². The smallest absolute Gasteiger partial charge is 0.326 e. The number of aliphatic carboxylic acids is 1. The van der Waals surface area contributed by atoms with E-state index in [0.717, 1.165) is 33.6 Å². The molecule has 8 nitrogen and oxygen atoms in total. The van der Waals surface area contributed by atoms with Gasteiger partial charge in [-0.2, -0.15) is 0 Å². The lowest BCUT2D eigenvalue weighted by atomic mass is 9.98. The van der Waals surface area contributed by atoms with Crippen LogP contribution in [0.1, 0.15) is 38.4 Å². The van der Waals surface area contributed by atoms with Gasteiger partial charge >= 0.3 is 5.97 Å². The van der Waals surface area contributed by atoms with E-state index >= 15 is 0 Å². The lowest BCUT2D eigenvalue weighted by Crippen LogP contribution is -2.42. The van der Waals surface area contributed by atoms with E-state index in [-0.39, 0.29) is 12.3 Å². The monoisotopic (exact) mass is 513 g/mol. The van der Waals surface area contributed by atoms with Crippen molar-refractivity contribution in [1.82, 2.24) is 10.3 Å². The topological polar surface area (TPSA) is 114 Å². The van der Waals surface area contributed by atoms with E-state index in [4.69, 9.17) is 9.15 Å². The van der Waals surface area contributed by atoms with Gasteiger partial charge in [-0.25, -0.2) is 9.78 Å². The molecule has 0 fully saturated rings. The Morgan fingerprint density at radius 1 is 1.00 bits per heavy atom. The number of hydrogen-bond donors (Lipinski definition) is 3. The van der Waals surface area contributed by atoms with Gasteiger partial charge in [-0.15, -0.1) is 0 Å². The molecule has 2 aromatic carbocycles. The Kier molecular flexibility index (Phi) is 8.11. The van der Waals surface area contributed by atoms with Gasteiger partial charge in [0.2, 0.25) is 0 Å². The highest BCUT2D eigenvalue weighted by Crippen LogP contribution is 2.24. The summed E-state index contributed by atoms with van der Waals surface area (Å²) in [5.41, 5.74) is 4.86. The summed E-state index contributed by atoms with van der Waals surface area (Å²) in [4.78, 5) is 29.1. The summed E-state index contributed by atoms with van der Waals surface area (Å²) >= 11 is 0. The number of furan rings is 1. The SMILES string of the molecule is COc1ccnc(NCc2ccc(-c3ccc(CC(NC(=O)c4c(C)cc(C)cc4C)C(=O)O)cc3)o2)c1. The summed E-state index contributed by atoms with van der Waals surface area (Å²) in [5.74, 6) is 1.36.